The topological polar surface area (TPSA) is 6.48 Å². The van der Waals surface area contributed by atoms with Crippen molar-refractivity contribution in [2.45, 2.75) is 89.9 Å². The fourth-order valence-corrected chi connectivity index (χ4v) is 11.9. The molecule has 1 aliphatic rings. The van der Waals surface area contributed by atoms with Crippen LogP contribution in [0.15, 0.2) is 260 Å². The molecule has 0 fully saturated rings. The van der Waals surface area contributed by atoms with Crippen LogP contribution in [0.3, 0.4) is 0 Å². The predicted octanol–water partition coefficient (Wildman–Crippen LogP) is 20.5. The second kappa shape index (κ2) is 20.2. The van der Waals surface area contributed by atoms with Crippen LogP contribution in [0.25, 0.3) is 21.5 Å². The van der Waals surface area contributed by atoms with Crippen molar-refractivity contribution in [2.24, 2.45) is 0 Å². The summed E-state index contributed by atoms with van der Waals surface area (Å²) >= 11 is 0. The Balaban J connectivity index is 1.12. The lowest BCUT2D eigenvalue weighted by atomic mass is 9.74. The minimum absolute atomic E-state index is 0.103. The van der Waals surface area contributed by atoms with E-state index in [1.165, 1.54) is 66.1 Å². The Morgan fingerprint density at radius 2 is 0.526 bits per heavy atom. The minimum atomic E-state index is -0.187. The van der Waals surface area contributed by atoms with Crippen molar-refractivity contribution >= 4 is 55.7 Å². The SMILES string of the molecule is CC(C)(C1=CC=CCC1)c1ccc(N(c2ccc(C(C)(C)c3ccccc3)cc2)c2c3ccccc3c(N(c3ccc(C(C)(C)c4ccccc4)cc3)c3ccc(C(C)(C)c4ccccc4)cc3)c3ccccc23)cc1. The fourth-order valence-electron chi connectivity index (χ4n) is 11.9. The molecule has 0 heterocycles. The first-order chi connectivity index (χ1) is 36.7. The molecule has 0 atom stereocenters. The van der Waals surface area contributed by atoms with Crippen LogP contribution in [0.5, 0.6) is 0 Å². The van der Waals surface area contributed by atoms with Gasteiger partial charge in [-0.3, -0.25) is 0 Å². The molecule has 0 N–H and O–H groups in total. The Labute approximate surface area is 452 Å². The molecule has 0 aliphatic heterocycles. The lowest BCUT2D eigenvalue weighted by molar-refractivity contribution is 0.590. The molecule has 0 unspecified atom stereocenters. The van der Waals surface area contributed by atoms with Crippen molar-refractivity contribution in [1.29, 1.82) is 0 Å². The summed E-state index contributed by atoms with van der Waals surface area (Å²) in [4.78, 5) is 5.02. The molecule has 0 spiro atoms. The summed E-state index contributed by atoms with van der Waals surface area (Å²) in [7, 11) is 0. The van der Waals surface area contributed by atoms with Gasteiger partial charge in [-0.15, -0.1) is 0 Å². The van der Waals surface area contributed by atoms with Gasteiger partial charge in [-0.2, -0.15) is 0 Å². The smallest absolute Gasteiger partial charge is 0.0619 e. The van der Waals surface area contributed by atoms with Crippen LogP contribution in [0.4, 0.5) is 34.1 Å². The van der Waals surface area contributed by atoms with Crippen LogP contribution in [-0.4, -0.2) is 0 Å². The van der Waals surface area contributed by atoms with Crippen molar-refractivity contribution in [3.8, 4) is 0 Å². The van der Waals surface area contributed by atoms with Crippen LogP contribution in [0.2, 0.25) is 0 Å². The van der Waals surface area contributed by atoms with E-state index in [2.05, 4.69) is 320 Å². The number of benzene rings is 10. The van der Waals surface area contributed by atoms with E-state index in [9.17, 15) is 0 Å². The third-order valence-corrected chi connectivity index (χ3v) is 17.0. The van der Waals surface area contributed by atoms with Gasteiger partial charge in [0.05, 0.1) is 11.4 Å². The molecule has 1 aliphatic carbocycles. The first-order valence-corrected chi connectivity index (χ1v) is 27.2. The molecule has 2 heteroatoms. The van der Waals surface area contributed by atoms with Gasteiger partial charge >= 0.3 is 0 Å². The summed E-state index contributed by atoms with van der Waals surface area (Å²) in [5, 5.41) is 4.67. The fraction of sp³-hybridized carbons (Fsp3) is 0.189. The van der Waals surface area contributed by atoms with Crippen molar-refractivity contribution in [2.75, 3.05) is 9.80 Å². The molecular formula is C74H70N2. The van der Waals surface area contributed by atoms with Gasteiger partial charge in [0, 0.05) is 66.0 Å². The summed E-state index contributed by atoms with van der Waals surface area (Å²) in [6.07, 6.45) is 8.99. The van der Waals surface area contributed by atoms with Gasteiger partial charge in [-0.25, -0.2) is 0 Å². The molecule has 10 aromatic carbocycles. The van der Waals surface area contributed by atoms with E-state index >= 15 is 0 Å². The Morgan fingerprint density at radius 1 is 0.276 bits per heavy atom. The minimum Gasteiger partial charge on any atom is -0.309 e. The highest BCUT2D eigenvalue weighted by molar-refractivity contribution is 6.23. The van der Waals surface area contributed by atoms with Crippen LogP contribution in [0, 0.1) is 0 Å². The van der Waals surface area contributed by atoms with Crippen LogP contribution in [0.1, 0.15) is 107 Å². The average Bonchev–Trinajstić information content (AvgIpc) is 3.50. The first kappa shape index (κ1) is 50.0. The van der Waals surface area contributed by atoms with Crippen molar-refractivity contribution in [3.05, 3.63) is 299 Å². The molecule has 76 heavy (non-hydrogen) atoms. The van der Waals surface area contributed by atoms with E-state index in [1.807, 2.05) is 0 Å². The molecule has 0 radical (unpaired) electrons. The highest BCUT2D eigenvalue weighted by atomic mass is 15.2. The van der Waals surface area contributed by atoms with Gasteiger partial charge in [0.15, 0.2) is 0 Å². The molecular weight excluding hydrogens is 917 g/mol. The third-order valence-electron chi connectivity index (χ3n) is 17.0. The Morgan fingerprint density at radius 3 is 0.789 bits per heavy atom. The summed E-state index contributed by atoms with van der Waals surface area (Å²) < 4.78 is 0. The van der Waals surface area contributed by atoms with Gasteiger partial charge in [0.2, 0.25) is 0 Å². The molecule has 0 aromatic heterocycles. The highest BCUT2D eigenvalue weighted by Gasteiger charge is 2.31. The Kier molecular flexibility index (Phi) is 13.3. The maximum atomic E-state index is 2.51. The van der Waals surface area contributed by atoms with Crippen molar-refractivity contribution in [1.82, 2.24) is 0 Å². The van der Waals surface area contributed by atoms with Gasteiger partial charge < -0.3 is 9.80 Å². The average molecular weight is 987 g/mol. The number of hydrogen-bond donors (Lipinski definition) is 0. The quantitative estimate of drug-likeness (QED) is 0.0791. The molecule has 0 saturated carbocycles. The molecule has 11 rings (SSSR count). The highest BCUT2D eigenvalue weighted by Crippen LogP contribution is 2.52. The molecule has 376 valence electrons. The zero-order chi connectivity index (χ0) is 52.7. The number of rotatable bonds is 14. The molecule has 0 amide bonds. The monoisotopic (exact) mass is 987 g/mol. The standard InChI is InChI=1S/C74H70N2/c1-71(2,53-25-13-9-14-26-53)57-37-45-61(46-38-57)75(62-47-39-58(40-48-62)72(3,4)54-27-15-10-16-28-54)69-65-33-21-23-35-67(65)70(68-36-24-22-34-66(68)69)76(63-49-41-59(42-50-63)73(5,6)55-29-17-11-18-30-55)64-51-43-60(44-52-64)74(7,8)56-31-19-12-20-32-56/h9-19,21-31,33-52H,20,32H2,1-8H3. The normalized spacial score (nSPS) is 13.2. The molecule has 10 aromatic rings. The summed E-state index contributed by atoms with van der Waals surface area (Å²) in [5.41, 5.74) is 16.5. The second-order valence-corrected chi connectivity index (χ2v) is 22.9. The molecule has 0 saturated heterocycles. The lowest BCUT2D eigenvalue weighted by Crippen LogP contribution is -2.21. The second-order valence-electron chi connectivity index (χ2n) is 22.9. The number of anilines is 6. The van der Waals surface area contributed by atoms with E-state index in [0.29, 0.717) is 0 Å². The zero-order valence-corrected chi connectivity index (χ0v) is 45.6. The number of hydrogen-bond acceptors (Lipinski definition) is 2. The Hall–Kier alpha value is -8.20. The van der Waals surface area contributed by atoms with Crippen molar-refractivity contribution in [3.63, 3.8) is 0 Å². The predicted molar refractivity (Wildman–Crippen MR) is 326 cm³/mol. The van der Waals surface area contributed by atoms with Crippen LogP contribution >= 0.6 is 0 Å². The first-order valence-electron chi connectivity index (χ1n) is 27.2. The number of nitrogens with zero attached hydrogens (tertiary/aromatic N) is 2. The maximum absolute atomic E-state index is 2.51. The summed E-state index contributed by atoms with van der Waals surface area (Å²) in [6.45, 7) is 18.7. The van der Waals surface area contributed by atoms with E-state index in [1.54, 1.807) is 0 Å². The number of fused-ring (bicyclic) bond motifs is 2. The molecule has 2 nitrogen and oxygen atoms in total. The Bertz CT molecular complexity index is 3540. The van der Waals surface area contributed by atoms with Crippen LogP contribution in [-0.2, 0) is 21.7 Å². The van der Waals surface area contributed by atoms with Gasteiger partial charge in [0.1, 0.15) is 0 Å². The van der Waals surface area contributed by atoms with E-state index < -0.39 is 0 Å². The largest absolute Gasteiger partial charge is 0.309 e. The summed E-state index contributed by atoms with van der Waals surface area (Å²) in [5.74, 6) is 0. The van der Waals surface area contributed by atoms with E-state index in [-0.39, 0.29) is 21.7 Å². The molecule has 0 bridgehead atoms. The number of allylic oxidation sites excluding steroid dienone is 4. The van der Waals surface area contributed by atoms with E-state index in [4.69, 9.17) is 0 Å². The third kappa shape index (κ3) is 9.15. The van der Waals surface area contributed by atoms with E-state index in [0.717, 1.165) is 47.0 Å². The van der Waals surface area contributed by atoms with Gasteiger partial charge in [-0.1, -0.05) is 267 Å². The van der Waals surface area contributed by atoms with Gasteiger partial charge in [-0.05, 0) is 100 Å². The zero-order valence-electron chi connectivity index (χ0n) is 45.6. The maximum Gasteiger partial charge on any atom is 0.0619 e. The van der Waals surface area contributed by atoms with Gasteiger partial charge in [0.25, 0.3) is 0 Å². The summed E-state index contributed by atoms with van der Waals surface area (Å²) in [6, 6.07) is 88.1. The van der Waals surface area contributed by atoms with Crippen molar-refractivity contribution < 1.29 is 0 Å². The lowest BCUT2D eigenvalue weighted by Gasteiger charge is -2.34. The van der Waals surface area contributed by atoms with Crippen LogP contribution < -0.4 is 9.80 Å².